The average molecular weight is 368 g/mol. The van der Waals surface area contributed by atoms with Crippen LogP contribution in [0.1, 0.15) is 24.8 Å². The molecule has 1 N–H and O–H groups in total. The van der Waals surface area contributed by atoms with Gasteiger partial charge in [-0.25, -0.2) is 4.79 Å². The second-order valence-electron chi connectivity index (χ2n) is 6.08. The van der Waals surface area contributed by atoms with Crippen molar-refractivity contribution in [3.63, 3.8) is 0 Å². The minimum atomic E-state index is -1.04. The Balaban J connectivity index is 2.34. The number of aliphatic carboxylic acids is 1. The molecule has 2 heterocycles. The molecule has 1 amide bonds. The first-order chi connectivity index (χ1) is 12.4. The lowest BCUT2D eigenvalue weighted by atomic mass is 9.80. The average Bonchev–Trinajstić information content (AvgIpc) is 2.62. The van der Waals surface area contributed by atoms with E-state index >= 15 is 0 Å². The molecule has 26 heavy (non-hydrogen) atoms. The zero-order chi connectivity index (χ0) is 19.3. The first kappa shape index (κ1) is 19.8. The van der Waals surface area contributed by atoms with Crippen molar-refractivity contribution in [1.82, 2.24) is 9.47 Å². The number of carbonyl (C=O) groups is 2. The molecule has 1 aliphatic rings. The van der Waals surface area contributed by atoms with E-state index in [4.69, 9.17) is 14.2 Å². The molecule has 2 rings (SSSR count). The summed E-state index contributed by atoms with van der Waals surface area (Å²) in [6.45, 7) is 2.24. The van der Waals surface area contributed by atoms with Crippen LogP contribution in [0.5, 0.6) is 5.75 Å². The number of amides is 1. The number of carboxylic acid groups (broad SMARTS) is 1. The highest BCUT2D eigenvalue weighted by Gasteiger charge is 2.39. The minimum absolute atomic E-state index is 0.0117. The second kappa shape index (κ2) is 8.70. The Morgan fingerprint density at radius 1 is 1.38 bits per heavy atom. The summed E-state index contributed by atoms with van der Waals surface area (Å²) in [5.41, 5.74) is 0.253. The van der Waals surface area contributed by atoms with Crippen LogP contribution >= 0.6 is 0 Å². The van der Waals surface area contributed by atoms with Gasteiger partial charge < -0.3 is 28.8 Å². The molecule has 9 nitrogen and oxygen atoms in total. The number of nitrogens with zero attached hydrogens (tertiary/aromatic N) is 2. The fourth-order valence-corrected chi connectivity index (χ4v) is 3.11. The van der Waals surface area contributed by atoms with Gasteiger partial charge in [0.25, 0.3) is 5.56 Å². The highest BCUT2D eigenvalue weighted by molar-refractivity contribution is 5.74. The third-order valence-corrected chi connectivity index (χ3v) is 4.41. The quantitative estimate of drug-likeness (QED) is 0.747. The van der Waals surface area contributed by atoms with Crippen LogP contribution in [0.4, 0.5) is 4.79 Å². The van der Waals surface area contributed by atoms with Gasteiger partial charge in [0.1, 0.15) is 5.75 Å². The molecule has 1 aliphatic heterocycles. The molecule has 9 heteroatoms. The van der Waals surface area contributed by atoms with Gasteiger partial charge in [0, 0.05) is 51.0 Å². The maximum absolute atomic E-state index is 12.1. The number of ether oxygens (including phenoxy) is 3. The maximum atomic E-state index is 12.1. The molecule has 1 saturated heterocycles. The molecule has 1 fully saturated rings. The van der Waals surface area contributed by atoms with Gasteiger partial charge in [0.05, 0.1) is 12.5 Å². The molecule has 144 valence electrons. The zero-order valence-corrected chi connectivity index (χ0v) is 15.1. The van der Waals surface area contributed by atoms with Crippen LogP contribution in [0.25, 0.3) is 0 Å². The molecular formula is C17H24N2O7. The molecule has 0 spiro atoms. The summed E-state index contributed by atoms with van der Waals surface area (Å²) in [4.78, 5) is 37.2. The van der Waals surface area contributed by atoms with Gasteiger partial charge in [0.15, 0.2) is 6.79 Å². The predicted molar refractivity (Wildman–Crippen MR) is 91.3 cm³/mol. The number of methoxy groups -OCH3 is 1. The van der Waals surface area contributed by atoms with Crippen LogP contribution in [0.2, 0.25) is 0 Å². The summed E-state index contributed by atoms with van der Waals surface area (Å²) in [5, 5.41) is 9.66. The van der Waals surface area contributed by atoms with Gasteiger partial charge in [-0.1, -0.05) is 0 Å². The summed E-state index contributed by atoms with van der Waals surface area (Å²) in [6.07, 6.45) is 1.37. The number of likely N-dealkylation sites (tertiary alicyclic amines) is 1. The van der Waals surface area contributed by atoms with Crippen LogP contribution in [0.15, 0.2) is 17.1 Å². The van der Waals surface area contributed by atoms with Crippen LogP contribution in [-0.4, -0.2) is 60.2 Å². The number of aromatic nitrogens is 1. The number of aryl methyl sites for hydroxylation is 1. The standard InChI is InChI=1S/C17H24N2O7/c1-4-25-17(23)19-6-5-11(13(8-19)16(21)22)12-7-15(20)18(2)9-14(12)26-10-24-3/h7,9,11,13H,4-6,8,10H2,1-3H3,(H,21,22). The summed E-state index contributed by atoms with van der Waals surface area (Å²) in [5.74, 6) is -1.97. The number of rotatable bonds is 6. The lowest BCUT2D eigenvalue weighted by Gasteiger charge is -2.36. The van der Waals surface area contributed by atoms with Gasteiger partial charge in [-0.3, -0.25) is 9.59 Å². The Labute approximate surface area is 151 Å². The third kappa shape index (κ3) is 4.34. The zero-order valence-electron chi connectivity index (χ0n) is 15.1. The predicted octanol–water partition coefficient (Wildman–Crippen LogP) is 1.01. The van der Waals surface area contributed by atoms with Crippen molar-refractivity contribution < 1.29 is 28.9 Å². The van der Waals surface area contributed by atoms with Crippen molar-refractivity contribution in [2.75, 3.05) is 33.6 Å². The van der Waals surface area contributed by atoms with E-state index in [-0.39, 0.29) is 25.5 Å². The number of hydrogen-bond donors (Lipinski definition) is 1. The largest absolute Gasteiger partial charge is 0.481 e. The van der Waals surface area contributed by atoms with E-state index in [2.05, 4.69) is 0 Å². The molecular weight excluding hydrogens is 344 g/mol. The molecule has 0 aliphatic carbocycles. The highest BCUT2D eigenvalue weighted by Crippen LogP contribution is 2.37. The monoisotopic (exact) mass is 368 g/mol. The number of carboxylic acids is 1. The van der Waals surface area contributed by atoms with Crippen molar-refractivity contribution in [3.05, 3.63) is 28.2 Å². The normalized spacial score (nSPS) is 19.9. The Hall–Kier alpha value is -2.55. The van der Waals surface area contributed by atoms with Crippen LogP contribution in [-0.2, 0) is 21.3 Å². The highest BCUT2D eigenvalue weighted by atomic mass is 16.7. The summed E-state index contributed by atoms with van der Waals surface area (Å²) < 4.78 is 16.8. The first-order valence-corrected chi connectivity index (χ1v) is 8.35. The summed E-state index contributed by atoms with van der Waals surface area (Å²) in [6, 6.07) is 1.39. The van der Waals surface area contributed by atoms with Crippen molar-refractivity contribution in [2.24, 2.45) is 13.0 Å². The molecule has 2 atom stereocenters. The molecule has 0 bridgehead atoms. The third-order valence-electron chi connectivity index (χ3n) is 4.41. The van der Waals surface area contributed by atoms with Gasteiger partial charge in [0.2, 0.25) is 0 Å². The molecule has 0 aromatic carbocycles. The lowest BCUT2D eigenvalue weighted by molar-refractivity contribution is -0.144. The van der Waals surface area contributed by atoms with Crippen LogP contribution in [0, 0.1) is 5.92 Å². The molecule has 0 radical (unpaired) electrons. The van der Waals surface area contributed by atoms with E-state index < -0.39 is 23.9 Å². The molecule has 0 saturated carbocycles. The summed E-state index contributed by atoms with van der Waals surface area (Å²) in [7, 11) is 3.06. The van der Waals surface area contributed by atoms with E-state index in [0.29, 0.717) is 24.3 Å². The number of hydrogen-bond acceptors (Lipinski definition) is 6. The first-order valence-electron chi connectivity index (χ1n) is 8.35. The molecule has 1 aromatic rings. The number of pyridine rings is 1. The van der Waals surface area contributed by atoms with Crippen molar-refractivity contribution in [2.45, 2.75) is 19.3 Å². The van der Waals surface area contributed by atoms with Gasteiger partial charge in [-0.15, -0.1) is 0 Å². The van der Waals surface area contributed by atoms with Gasteiger partial charge >= 0.3 is 12.1 Å². The van der Waals surface area contributed by atoms with E-state index in [1.165, 1.54) is 28.8 Å². The topological polar surface area (TPSA) is 107 Å². The van der Waals surface area contributed by atoms with Crippen LogP contribution < -0.4 is 10.3 Å². The van der Waals surface area contributed by atoms with Gasteiger partial charge in [-0.05, 0) is 13.3 Å². The Kier molecular flexibility index (Phi) is 6.62. The SMILES string of the molecule is CCOC(=O)N1CCC(c2cc(=O)n(C)cc2OCOC)C(C(=O)O)C1. The summed E-state index contributed by atoms with van der Waals surface area (Å²) >= 11 is 0. The van der Waals surface area contributed by atoms with E-state index in [1.54, 1.807) is 14.0 Å². The van der Waals surface area contributed by atoms with E-state index in [1.807, 2.05) is 0 Å². The Morgan fingerprint density at radius 3 is 2.73 bits per heavy atom. The fourth-order valence-electron chi connectivity index (χ4n) is 3.11. The van der Waals surface area contributed by atoms with Gasteiger partial charge in [-0.2, -0.15) is 0 Å². The minimum Gasteiger partial charge on any atom is -0.481 e. The molecule has 2 unspecified atom stereocenters. The second-order valence-corrected chi connectivity index (χ2v) is 6.08. The van der Waals surface area contributed by atoms with Crippen molar-refractivity contribution >= 4 is 12.1 Å². The van der Waals surface area contributed by atoms with Crippen LogP contribution in [0.3, 0.4) is 0 Å². The smallest absolute Gasteiger partial charge is 0.409 e. The number of carbonyl (C=O) groups excluding carboxylic acids is 1. The molecule has 1 aromatic heterocycles. The number of piperidine rings is 1. The Morgan fingerprint density at radius 2 is 2.12 bits per heavy atom. The maximum Gasteiger partial charge on any atom is 0.409 e. The fraction of sp³-hybridized carbons (Fsp3) is 0.588. The Bertz CT molecular complexity index is 716. The lowest BCUT2D eigenvalue weighted by Crippen LogP contribution is -2.46. The van der Waals surface area contributed by atoms with E-state index in [9.17, 15) is 19.5 Å². The van der Waals surface area contributed by atoms with Crippen molar-refractivity contribution in [1.29, 1.82) is 0 Å². The van der Waals surface area contributed by atoms with E-state index in [0.717, 1.165) is 0 Å². The van der Waals surface area contributed by atoms with Crippen molar-refractivity contribution in [3.8, 4) is 5.75 Å².